The molecule has 0 bridgehead atoms. The highest BCUT2D eigenvalue weighted by Gasteiger charge is 2.43. The Morgan fingerprint density at radius 1 is 0.293 bits per heavy atom. The molecule has 75 heavy (non-hydrogen) atoms. The van der Waals surface area contributed by atoms with Gasteiger partial charge in [0.15, 0.2) is 0 Å². The van der Waals surface area contributed by atoms with Crippen molar-refractivity contribution in [2.75, 3.05) is 9.80 Å². The summed E-state index contributed by atoms with van der Waals surface area (Å²) in [6.45, 7) is 9.62. The average molecular weight is 961 g/mol. The summed E-state index contributed by atoms with van der Waals surface area (Å²) in [4.78, 5) is 4.96. The molecule has 0 atom stereocenters. The highest BCUT2D eigenvalue weighted by molar-refractivity contribution is 6.28. The second-order valence-electron chi connectivity index (χ2n) is 21.6. The molecule has 0 saturated carbocycles. The van der Waals surface area contributed by atoms with Crippen LogP contribution in [0.5, 0.6) is 11.5 Å². The Morgan fingerprint density at radius 2 is 0.733 bits per heavy atom. The Balaban J connectivity index is 0.919. The molecule has 3 aliphatic rings. The van der Waals surface area contributed by atoms with Crippen molar-refractivity contribution in [3.8, 4) is 56.0 Å². The van der Waals surface area contributed by atoms with Crippen LogP contribution in [0.15, 0.2) is 243 Å². The Morgan fingerprint density at radius 3 is 1.28 bits per heavy atom. The standard InChI is InChI=1S/C72H52N2O/c1-71(2)67-52(45-22-9-5-10-23-45)30-17-32-54(67)56-34-19-37-59(69(56)71)73(49-26-13-7-14-27-49)51-42-47-40-41-48-43-61(58-36-21-39-62-66(58)65(48)64(47)63(44-51)75-62)74(50-28-15-8-16-29-50)60-38-20-35-57-55-33-18-31-53(46-24-11-6-12-25-46)68(55)72(3,4)70(57)60/h5-44H,1-4H3. The van der Waals surface area contributed by atoms with Gasteiger partial charge in [0, 0.05) is 49.8 Å². The minimum Gasteiger partial charge on any atom is -0.456 e. The van der Waals surface area contributed by atoms with Crippen molar-refractivity contribution >= 4 is 66.4 Å². The number of hydrogen-bond acceptors (Lipinski definition) is 3. The lowest BCUT2D eigenvalue weighted by molar-refractivity contribution is 0.493. The molecule has 0 unspecified atom stereocenters. The number of nitrogens with zero attached hydrogens (tertiary/aromatic N) is 2. The van der Waals surface area contributed by atoms with Crippen LogP contribution in [-0.2, 0) is 10.8 Å². The van der Waals surface area contributed by atoms with E-state index in [1.165, 1.54) is 83.2 Å². The van der Waals surface area contributed by atoms with Crippen molar-refractivity contribution in [2.24, 2.45) is 0 Å². The quantitative estimate of drug-likeness (QED) is 0.141. The highest BCUT2D eigenvalue weighted by atomic mass is 16.5. The van der Waals surface area contributed by atoms with Crippen molar-refractivity contribution < 1.29 is 4.74 Å². The van der Waals surface area contributed by atoms with Gasteiger partial charge < -0.3 is 14.5 Å². The van der Waals surface area contributed by atoms with Crippen LogP contribution in [0.1, 0.15) is 49.9 Å². The Hall–Kier alpha value is -9.18. The van der Waals surface area contributed by atoms with Crippen molar-refractivity contribution in [1.82, 2.24) is 0 Å². The first-order valence-corrected chi connectivity index (χ1v) is 26.3. The van der Waals surface area contributed by atoms with Crippen molar-refractivity contribution in [3.63, 3.8) is 0 Å². The van der Waals surface area contributed by atoms with E-state index in [9.17, 15) is 0 Å². The van der Waals surface area contributed by atoms with Gasteiger partial charge >= 0.3 is 0 Å². The molecule has 356 valence electrons. The van der Waals surface area contributed by atoms with E-state index in [1.54, 1.807) is 0 Å². The maximum atomic E-state index is 7.30. The maximum absolute atomic E-state index is 7.30. The molecule has 0 amide bonds. The average Bonchev–Trinajstić information content (AvgIpc) is 3.92. The zero-order chi connectivity index (χ0) is 50.2. The molecule has 0 saturated heterocycles. The van der Waals surface area contributed by atoms with Crippen molar-refractivity contribution in [1.29, 1.82) is 0 Å². The van der Waals surface area contributed by atoms with Gasteiger partial charge in [0.05, 0.1) is 22.7 Å². The molecule has 0 radical (unpaired) electrons. The summed E-state index contributed by atoms with van der Waals surface area (Å²) in [5, 5.41) is 6.94. The molecule has 0 spiro atoms. The molecule has 0 aromatic heterocycles. The summed E-state index contributed by atoms with van der Waals surface area (Å²) in [5.74, 6) is 1.72. The molecule has 0 N–H and O–H groups in total. The third-order valence-corrected chi connectivity index (χ3v) is 16.6. The van der Waals surface area contributed by atoms with E-state index in [0.29, 0.717) is 0 Å². The second kappa shape index (κ2) is 16.2. The maximum Gasteiger partial charge on any atom is 0.138 e. The van der Waals surface area contributed by atoms with Crippen LogP contribution < -0.4 is 14.5 Å². The minimum atomic E-state index is -0.311. The molecule has 3 heteroatoms. The molecular weight excluding hydrogens is 909 g/mol. The lowest BCUT2D eigenvalue weighted by Crippen LogP contribution is -2.21. The van der Waals surface area contributed by atoms with Gasteiger partial charge in [-0.25, -0.2) is 0 Å². The minimum absolute atomic E-state index is 0.306. The number of ether oxygens (including phenoxy) is 1. The van der Waals surface area contributed by atoms with Crippen LogP contribution >= 0.6 is 0 Å². The molecule has 0 fully saturated rings. The largest absolute Gasteiger partial charge is 0.456 e. The van der Waals surface area contributed by atoms with E-state index < -0.39 is 0 Å². The van der Waals surface area contributed by atoms with Gasteiger partial charge in [-0.3, -0.25) is 0 Å². The highest BCUT2D eigenvalue weighted by Crippen LogP contribution is 2.60. The molecule has 1 aliphatic heterocycles. The number of anilines is 6. The van der Waals surface area contributed by atoms with Gasteiger partial charge in [-0.15, -0.1) is 0 Å². The van der Waals surface area contributed by atoms with Crippen LogP contribution in [0.4, 0.5) is 34.1 Å². The lowest BCUT2D eigenvalue weighted by Gasteiger charge is -2.34. The molecule has 2 aliphatic carbocycles. The number of para-hydroxylation sites is 2. The fourth-order valence-electron chi connectivity index (χ4n) is 13.7. The normalized spacial score (nSPS) is 13.9. The molecular formula is C72H52N2O. The van der Waals surface area contributed by atoms with Crippen LogP contribution in [0.3, 0.4) is 0 Å². The number of benzene rings is 12. The summed E-state index contributed by atoms with van der Waals surface area (Å²) in [6.07, 6.45) is 0. The summed E-state index contributed by atoms with van der Waals surface area (Å²) in [7, 11) is 0. The fraction of sp³-hybridized carbons (Fsp3) is 0.0833. The van der Waals surface area contributed by atoms with E-state index in [0.717, 1.165) is 61.5 Å². The monoisotopic (exact) mass is 960 g/mol. The molecule has 3 nitrogen and oxygen atoms in total. The number of fused-ring (bicyclic) bond motifs is 6. The third-order valence-electron chi connectivity index (χ3n) is 16.6. The molecule has 15 rings (SSSR count). The number of rotatable bonds is 8. The summed E-state index contributed by atoms with van der Waals surface area (Å²) in [5.41, 5.74) is 21.6. The van der Waals surface area contributed by atoms with Gasteiger partial charge in [0.25, 0.3) is 0 Å². The van der Waals surface area contributed by atoms with E-state index in [-0.39, 0.29) is 10.8 Å². The van der Waals surface area contributed by atoms with Crippen molar-refractivity contribution in [2.45, 2.75) is 38.5 Å². The van der Waals surface area contributed by atoms with Crippen LogP contribution in [0.2, 0.25) is 0 Å². The van der Waals surface area contributed by atoms with Gasteiger partial charge in [-0.2, -0.15) is 0 Å². The summed E-state index contributed by atoms with van der Waals surface area (Å²) in [6, 6.07) is 89.2. The first-order valence-electron chi connectivity index (χ1n) is 26.3. The molecule has 12 aromatic carbocycles. The second-order valence-corrected chi connectivity index (χ2v) is 21.6. The first kappa shape index (κ1) is 43.4. The van der Waals surface area contributed by atoms with Crippen LogP contribution in [-0.4, -0.2) is 0 Å². The first-order chi connectivity index (χ1) is 36.8. The zero-order valence-corrected chi connectivity index (χ0v) is 42.4. The summed E-state index contributed by atoms with van der Waals surface area (Å²) < 4.78 is 7.30. The number of hydrogen-bond donors (Lipinski definition) is 0. The van der Waals surface area contributed by atoms with Crippen LogP contribution in [0, 0.1) is 0 Å². The molecule has 1 heterocycles. The lowest BCUT2D eigenvalue weighted by atomic mass is 9.78. The van der Waals surface area contributed by atoms with E-state index in [1.807, 2.05) is 0 Å². The predicted molar refractivity (Wildman–Crippen MR) is 314 cm³/mol. The van der Waals surface area contributed by atoms with Gasteiger partial charge in [-0.1, -0.05) is 210 Å². The van der Waals surface area contributed by atoms with Crippen LogP contribution in [0.25, 0.3) is 76.8 Å². The van der Waals surface area contributed by atoms with Gasteiger partial charge in [0.2, 0.25) is 0 Å². The topological polar surface area (TPSA) is 15.7 Å². The Bertz CT molecular complexity index is 4310. The summed E-state index contributed by atoms with van der Waals surface area (Å²) >= 11 is 0. The third kappa shape index (κ3) is 6.28. The smallest absolute Gasteiger partial charge is 0.138 e. The Kier molecular flexibility index (Phi) is 9.35. The fourth-order valence-corrected chi connectivity index (χ4v) is 13.7. The van der Waals surface area contributed by atoms with E-state index in [2.05, 4.69) is 280 Å². The predicted octanol–water partition coefficient (Wildman–Crippen LogP) is 20.1. The molecule has 12 aromatic rings. The SMILES string of the molecule is CC1(C)c2c(-c3ccccc3)cccc2-c2cccc(N(c3ccccc3)c3cc4c5c(ccc6cc(N(c7ccccc7)c7cccc8c7C(C)(C)c7c(-c9ccccc9)cccc7-8)c7cccc(c7c65)O4)c3)c21. The Labute approximate surface area is 438 Å². The van der Waals surface area contributed by atoms with E-state index in [4.69, 9.17) is 4.74 Å². The van der Waals surface area contributed by atoms with Crippen molar-refractivity contribution in [3.05, 3.63) is 265 Å². The van der Waals surface area contributed by atoms with E-state index >= 15 is 0 Å². The van der Waals surface area contributed by atoms with Gasteiger partial charge in [0.1, 0.15) is 11.5 Å². The zero-order valence-electron chi connectivity index (χ0n) is 42.4. The van der Waals surface area contributed by atoms with Gasteiger partial charge in [-0.05, 0) is 132 Å².